The molecule has 0 aliphatic carbocycles. The first kappa shape index (κ1) is 28.7. The summed E-state index contributed by atoms with van der Waals surface area (Å²) in [6.07, 6.45) is 1.53. The minimum Gasteiger partial charge on any atom is -0.468 e. The van der Waals surface area contributed by atoms with E-state index >= 15 is 0 Å². The van der Waals surface area contributed by atoms with E-state index < -0.39 is 24.0 Å². The molecule has 0 heterocycles. The van der Waals surface area contributed by atoms with Crippen LogP contribution >= 0.6 is 23.2 Å². The number of ether oxygens (including phenoxy) is 2. The Labute approximate surface area is 229 Å². The molecule has 0 fully saturated rings. The predicted molar refractivity (Wildman–Crippen MR) is 148 cm³/mol. The summed E-state index contributed by atoms with van der Waals surface area (Å²) in [5.41, 5.74) is 3.90. The van der Waals surface area contributed by atoms with E-state index in [1.807, 2.05) is 80.6 Å². The molecule has 37 heavy (non-hydrogen) atoms. The highest BCUT2D eigenvalue weighted by atomic mass is 35.5. The molecule has 0 aliphatic heterocycles. The second kappa shape index (κ2) is 14.2. The van der Waals surface area contributed by atoms with E-state index in [0.29, 0.717) is 29.3 Å². The molecule has 1 N–H and O–H groups in total. The summed E-state index contributed by atoms with van der Waals surface area (Å²) in [6.45, 7) is 4.23. The van der Waals surface area contributed by atoms with E-state index in [2.05, 4.69) is 5.32 Å². The van der Waals surface area contributed by atoms with Crippen LogP contribution in [0.4, 0.5) is 0 Å². The van der Waals surface area contributed by atoms with Crippen molar-refractivity contribution in [3.8, 4) is 0 Å². The lowest BCUT2D eigenvalue weighted by Gasteiger charge is -2.24. The Kier molecular flexibility index (Phi) is 11.0. The summed E-state index contributed by atoms with van der Waals surface area (Å²) >= 11 is 12.3. The first-order valence-corrected chi connectivity index (χ1v) is 13.1. The van der Waals surface area contributed by atoms with Crippen LogP contribution in [0.3, 0.4) is 0 Å². The molecule has 3 rings (SSSR count). The van der Waals surface area contributed by atoms with Gasteiger partial charge in [0.2, 0.25) is 0 Å². The van der Waals surface area contributed by atoms with Crippen LogP contribution in [-0.2, 0) is 38.5 Å². The fourth-order valence-corrected chi connectivity index (χ4v) is 4.75. The van der Waals surface area contributed by atoms with Crippen LogP contribution in [0.1, 0.15) is 42.5 Å². The standard InChI is InChI=1S/C30H33Cl2NO4/c1-20(2)12-27(30(35)37-19-21-8-5-4-6-9-21)33-28(29(34)36-3)17-23-11-7-10-22(13-23)14-24-15-25(31)18-26(32)16-24/h4-11,13,15-16,18,20,27-28,33H,12,14,17,19H2,1-3H3/t27-,28?/m0/s1. The minimum atomic E-state index is -0.714. The van der Waals surface area contributed by atoms with Gasteiger partial charge in [0.15, 0.2) is 0 Å². The molecule has 0 bridgehead atoms. The largest absolute Gasteiger partial charge is 0.468 e. The summed E-state index contributed by atoms with van der Waals surface area (Å²) in [5.74, 6) is -0.609. The van der Waals surface area contributed by atoms with E-state index in [1.54, 1.807) is 6.07 Å². The number of halogens is 2. The third-order valence-corrected chi connectivity index (χ3v) is 6.30. The summed E-state index contributed by atoms with van der Waals surface area (Å²) in [7, 11) is 1.35. The topological polar surface area (TPSA) is 64.6 Å². The zero-order chi connectivity index (χ0) is 26.8. The maximum absolute atomic E-state index is 13.0. The number of carbonyl (C=O) groups excluding carboxylic acids is 2. The van der Waals surface area contributed by atoms with Crippen LogP contribution in [0.25, 0.3) is 0 Å². The fourth-order valence-electron chi connectivity index (χ4n) is 4.18. The highest BCUT2D eigenvalue weighted by molar-refractivity contribution is 6.34. The summed E-state index contributed by atoms with van der Waals surface area (Å²) in [4.78, 5) is 25.7. The Morgan fingerprint density at radius 1 is 0.784 bits per heavy atom. The lowest BCUT2D eigenvalue weighted by atomic mass is 9.98. The van der Waals surface area contributed by atoms with Crippen LogP contribution in [0, 0.1) is 5.92 Å². The predicted octanol–water partition coefficient (Wildman–Crippen LogP) is 6.42. The molecule has 0 saturated carbocycles. The molecule has 0 saturated heterocycles. The number of nitrogens with one attached hydrogen (secondary N) is 1. The van der Waals surface area contributed by atoms with Crippen LogP contribution in [0.15, 0.2) is 72.8 Å². The van der Waals surface area contributed by atoms with Crippen molar-refractivity contribution in [3.63, 3.8) is 0 Å². The van der Waals surface area contributed by atoms with E-state index in [1.165, 1.54) is 7.11 Å². The molecule has 3 aromatic rings. The van der Waals surface area contributed by atoms with Crippen molar-refractivity contribution >= 4 is 35.1 Å². The Hall–Kier alpha value is -2.86. The van der Waals surface area contributed by atoms with Gasteiger partial charge in [0, 0.05) is 10.0 Å². The van der Waals surface area contributed by atoms with Crippen LogP contribution in [0.2, 0.25) is 10.0 Å². The lowest BCUT2D eigenvalue weighted by Crippen LogP contribution is -2.49. The normalized spacial score (nSPS) is 12.7. The number of hydrogen-bond donors (Lipinski definition) is 1. The molecule has 0 spiro atoms. The van der Waals surface area contributed by atoms with Crippen molar-refractivity contribution in [1.29, 1.82) is 0 Å². The number of benzene rings is 3. The average Bonchev–Trinajstić information content (AvgIpc) is 2.86. The molecule has 2 atom stereocenters. The molecule has 196 valence electrons. The molecule has 5 nitrogen and oxygen atoms in total. The third kappa shape index (κ3) is 9.51. The van der Waals surface area contributed by atoms with E-state index in [0.717, 1.165) is 22.3 Å². The maximum atomic E-state index is 13.0. The van der Waals surface area contributed by atoms with Gasteiger partial charge in [-0.1, -0.05) is 91.6 Å². The fraction of sp³-hybridized carbons (Fsp3) is 0.333. The van der Waals surface area contributed by atoms with E-state index in [4.69, 9.17) is 32.7 Å². The van der Waals surface area contributed by atoms with Gasteiger partial charge in [-0.2, -0.15) is 0 Å². The third-order valence-electron chi connectivity index (χ3n) is 5.87. The van der Waals surface area contributed by atoms with Crippen molar-refractivity contribution < 1.29 is 19.1 Å². The van der Waals surface area contributed by atoms with Crippen LogP contribution in [0.5, 0.6) is 0 Å². The number of carbonyl (C=O) groups is 2. The molecule has 7 heteroatoms. The van der Waals surface area contributed by atoms with Gasteiger partial charge >= 0.3 is 11.9 Å². The van der Waals surface area contributed by atoms with Gasteiger partial charge in [-0.05, 0) is 65.6 Å². The molecule has 1 unspecified atom stereocenters. The zero-order valence-corrected chi connectivity index (χ0v) is 22.9. The summed E-state index contributed by atoms with van der Waals surface area (Å²) in [6, 6.07) is 21.6. The molecule has 0 radical (unpaired) electrons. The van der Waals surface area contributed by atoms with E-state index in [9.17, 15) is 9.59 Å². The number of hydrogen-bond acceptors (Lipinski definition) is 5. The van der Waals surface area contributed by atoms with Crippen molar-refractivity contribution in [3.05, 3.63) is 105 Å². The highest BCUT2D eigenvalue weighted by Crippen LogP contribution is 2.22. The highest BCUT2D eigenvalue weighted by Gasteiger charge is 2.29. The molecular weight excluding hydrogens is 509 g/mol. The van der Waals surface area contributed by atoms with Crippen LogP contribution < -0.4 is 5.32 Å². The average molecular weight is 543 g/mol. The molecule has 0 aliphatic rings. The van der Waals surface area contributed by atoms with Crippen molar-refractivity contribution in [2.45, 2.75) is 51.8 Å². The molecule has 0 amide bonds. The van der Waals surface area contributed by atoms with Crippen LogP contribution in [-0.4, -0.2) is 31.1 Å². The molecule has 0 aromatic heterocycles. The van der Waals surface area contributed by atoms with Gasteiger partial charge in [0.1, 0.15) is 18.7 Å². The summed E-state index contributed by atoms with van der Waals surface area (Å²) in [5, 5.41) is 4.39. The first-order chi connectivity index (χ1) is 17.7. The second-order valence-electron chi connectivity index (χ2n) is 9.50. The lowest BCUT2D eigenvalue weighted by molar-refractivity contribution is -0.149. The van der Waals surface area contributed by atoms with E-state index in [-0.39, 0.29) is 12.5 Å². The van der Waals surface area contributed by atoms with Gasteiger partial charge in [-0.3, -0.25) is 14.9 Å². The van der Waals surface area contributed by atoms with Gasteiger partial charge < -0.3 is 9.47 Å². The smallest absolute Gasteiger partial charge is 0.323 e. The van der Waals surface area contributed by atoms with Crippen molar-refractivity contribution in [2.75, 3.05) is 7.11 Å². The minimum absolute atomic E-state index is 0.175. The Balaban J connectivity index is 1.73. The van der Waals surface area contributed by atoms with Gasteiger partial charge in [0.25, 0.3) is 0 Å². The molecule has 3 aromatic carbocycles. The first-order valence-electron chi connectivity index (χ1n) is 12.3. The Morgan fingerprint density at radius 2 is 1.43 bits per heavy atom. The SMILES string of the molecule is COC(=O)C(Cc1cccc(Cc2cc(Cl)cc(Cl)c2)c1)N[C@@H](CC(C)C)C(=O)OCc1ccccc1. The molecular formula is C30H33Cl2NO4. The van der Waals surface area contributed by atoms with Gasteiger partial charge in [-0.15, -0.1) is 0 Å². The zero-order valence-electron chi connectivity index (χ0n) is 21.4. The van der Waals surface area contributed by atoms with Gasteiger partial charge in [-0.25, -0.2) is 0 Å². The number of rotatable bonds is 12. The number of methoxy groups -OCH3 is 1. The second-order valence-corrected chi connectivity index (χ2v) is 10.4. The monoisotopic (exact) mass is 541 g/mol. The van der Waals surface area contributed by atoms with Crippen molar-refractivity contribution in [2.24, 2.45) is 5.92 Å². The maximum Gasteiger partial charge on any atom is 0.323 e. The number of esters is 2. The Bertz CT molecular complexity index is 1160. The quantitative estimate of drug-likeness (QED) is 0.268. The summed E-state index contributed by atoms with van der Waals surface area (Å²) < 4.78 is 10.7. The van der Waals surface area contributed by atoms with Crippen molar-refractivity contribution in [1.82, 2.24) is 5.32 Å². The van der Waals surface area contributed by atoms with Gasteiger partial charge in [0.05, 0.1) is 7.11 Å². The Morgan fingerprint density at radius 3 is 2.08 bits per heavy atom.